The first-order valence-corrected chi connectivity index (χ1v) is 6.27. The molecule has 0 aliphatic carbocycles. The number of aliphatic carboxylic acids is 1. The molecular formula is C13H16BrNO3. The minimum atomic E-state index is -1.29. The molecule has 0 atom stereocenters. The zero-order valence-electron chi connectivity index (χ0n) is 10.8. The molecule has 0 heterocycles. The van der Waals surface area contributed by atoms with E-state index in [4.69, 9.17) is 5.11 Å². The Bertz CT molecular complexity index is 509. The summed E-state index contributed by atoms with van der Waals surface area (Å²) < 4.78 is 0.925. The third-order valence-electron chi connectivity index (χ3n) is 2.71. The van der Waals surface area contributed by atoms with E-state index in [-0.39, 0.29) is 5.91 Å². The lowest BCUT2D eigenvalue weighted by Crippen LogP contribution is -2.49. The molecule has 0 saturated heterocycles. The minimum Gasteiger partial charge on any atom is -0.480 e. The number of nitrogens with one attached hydrogen (secondary N) is 1. The molecule has 1 aromatic carbocycles. The summed E-state index contributed by atoms with van der Waals surface area (Å²) in [4.78, 5) is 23.0. The van der Waals surface area contributed by atoms with Crippen molar-refractivity contribution in [2.45, 2.75) is 33.2 Å². The third-order valence-corrected chi connectivity index (χ3v) is 3.57. The maximum absolute atomic E-state index is 12.1. The van der Waals surface area contributed by atoms with Crippen LogP contribution in [-0.4, -0.2) is 22.5 Å². The van der Waals surface area contributed by atoms with Crippen molar-refractivity contribution in [2.24, 2.45) is 0 Å². The van der Waals surface area contributed by atoms with E-state index in [9.17, 15) is 9.59 Å². The SMILES string of the molecule is Cc1cc(C(=O)NC(C)(C)C(=O)O)c(C)cc1Br. The van der Waals surface area contributed by atoms with Gasteiger partial charge in [0, 0.05) is 10.0 Å². The van der Waals surface area contributed by atoms with Crippen LogP contribution in [0.1, 0.15) is 35.3 Å². The first-order chi connectivity index (χ1) is 8.15. The number of halogens is 1. The number of aryl methyl sites for hydroxylation is 2. The molecule has 2 N–H and O–H groups in total. The lowest BCUT2D eigenvalue weighted by molar-refractivity contribution is -0.143. The molecule has 1 rings (SSSR count). The summed E-state index contributed by atoms with van der Waals surface area (Å²) in [6.45, 7) is 6.60. The van der Waals surface area contributed by atoms with Crippen LogP contribution in [0.25, 0.3) is 0 Å². The summed E-state index contributed by atoms with van der Waals surface area (Å²) in [6, 6.07) is 3.59. The highest BCUT2D eigenvalue weighted by Crippen LogP contribution is 2.21. The fraction of sp³-hybridized carbons (Fsp3) is 0.385. The molecule has 0 fully saturated rings. The molecule has 4 nitrogen and oxygen atoms in total. The van der Waals surface area contributed by atoms with Gasteiger partial charge in [0.05, 0.1) is 0 Å². The molecule has 0 aliphatic heterocycles. The van der Waals surface area contributed by atoms with E-state index < -0.39 is 11.5 Å². The number of benzene rings is 1. The molecule has 18 heavy (non-hydrogen) atoms. The highest BCUT2D eigenvalue weighted by molar-refractivity contribution is 9.10. The van der Waals surface area contributed by atoms with Gasteiger partial charge >= 0.3 is 5.97 Å². The summed E-state index contributed by atoms with van der Waals surface area (Å²) in [5.74, 6) is -1.45. The van der Waals surface area contributed by atoms with Crippen molar-refractivity contribution in [3.8, 4) is 0 Å². The largest absolute Gasteiger partial charge is 0.480 e. The monoisotopic (exact) mass is 313 g/mol. The number of carboxylic acids is 1. The second-order valence-corrected chi connectivity index (χ2v) is 5.65. The minimum absolute atomic E-state index is 0.379. The average molecular weight is 314 g/mol. The van der Waals surface area contributed by atoms with E-state index in [1.165, 1.54) is 13.8 Å². The third kappa shape index (κ3) is 3.10. The average Bonchev–Trinajstić information content (AvgIpc) is 2.22. The lowest BCUT2D eigenvalue weighted by atomic mass is 10.0. The number of hydrogen-bond acceptors (Lipinski definition) is 2. The van der Waals surface area contributed by atoms with Crippen LogP contribution in [0.2, 0.25) is 0 Å². The first kappa shape index (κ1) is 14.7. The second kappa shape index (κ2) is 5.10. The highest BCUT2D eigenvalue weighted by Gasteiger charge is 2.29. The molecule has 0 spiro atoms. The summed E-state index contributed by atoms with van der Waals surface area (Å²) >= 11 is 3.39. The van der Waals surface area contributed by atoms with Gasteiger partial charge in [-0.2, -0.15) is 0 Å². The van der Waals surface area contributed by atoms with Crippen molar-refractivity contribution in [1.29, 1.82) is 0 Å². The number of carbonyl (C=O) groups excluding carboxylic acids is 1. The quantitative estimate of drug-likeness (QED) is 0.901. The van der Waals surface area contributed by atoms with Crippen molar-refractivity contribution < 1.29 is 14.7 Å². The van der Waals surface area contributed by atoms with E-state index in [0.29, 0.717) is 5.56 Å². The Hall–Kier alpha value is -1.36. The standard InChI is InChI=1S/C13H16BrNO3/c1-7-6-10(14)8(2)5-9(7)11(16)15-13(3,4)12(17)18/h5-6H,1-4H3,(H,15,16)(H,17,18). The van der Waals surface area contributed by atoms with Gasteiger partial charge in [-0.05, 0) is 51.0 Å². The van der Waals surface area contributed by atoms with Gasteiger partial charge in [0.25, 0.3) is 5.91 Å². The van der Waals surface area contributed by atoms with E-state index in [2.05, 4.69) is 21.2 Å². The Labute approximate surface area is 115 Å². The van der Waals surface area contributed by atoms with Crippen LogP contribution in [0.4, 0.5) is 0 Å². The van der Waals surface area contributed by atoms with Gasteiger partial charge in [-0.25, -0.2) is 4.79 Å². The normalized spacial score (nSPS) is 11.2. The van der Waals surface area contributed by atoms with Gasteiger partial charge < -0.3 is 10.4 Å². The maximum Gasteiger partial charge on any atom is 0.328 e. The number of rotatable bonds is 3. The van der Waals surface area contributed by atoms with Crippen LogP contribution >= 0.6 is 15.9 Å². The zero-order valence-corrected chi connectivity index (χ0v) is 12.4. The molecule has 0 saturated carbocycles. The van der Waals surface area contributed by atoms with Crippen LogP contribution in [-0.2, 0) is 4.79 Å². The van der Waals surface area contributed by atoms with E-state index in [0.717, 1.165) is 15.6 Å². The van der Waals surface area contributed by atoms with Gasteiger partial charge in [-0.3, -0.25) is 4.79 Å². The smallest absolute Gasteiger partial charge is 0.328 e. The van der Waals surface area contributed by atoms with Gasteiger partial charge in [0.15, 0.2) is 0 Å². The topological polar surface area (TPSA) is 66.4 Å². The van der Waals surface area contributed by atoms with Crippen molar-refractivity contribution in [2.75, 3.05) is 0 Å². The van der Waals surface area contributed by atoms with Gasteiger partial charge in [0.1, 0.15) is 5.54 Å². The number of carboxylic acid groups (broad SMARTS) is 1. The second-order valence-electron chi connectivity index (χ2n) is 4.80. The molecular weight excluding hydrogens is 298 g/mol. The van der Waals surface area contributed by atoms with Crippen LogP contribution < -0.4 is 5.32 Å². The number of amides is 1. The van der Waals surface area contributed by atoms with Crippen molar-refractivity contribution in [3.63, 3.8) is 0 Å². The molecule has 5 heteroatoms. The Morgan fingerprint density at radius 2 is 1.78 bits per heavy atom. The van der Waals surface area contributed by atoms with Crippen LogP contribution in [0.5, 0.6) is 0 Å². The van der Waals surface area contributed by atoms with Crippen molar-refractivity contribution >= 4 is 27.8 Å². The predicted molar refractivity (Wildman–Crippen MR) is 72.8 cm³/mol. The highest BCUT2D eigenvalue weighted by atomic mass is 79.9. The molecule has 0 unspecified atom stereocenters. The maximum atomic E-state index is 12.1. The Kier molecular flexibility index (Phi) is 4.16. The van der Waals surface area contributed by atoms with Gasteiger partial charge in [-0.15, -0.1) is 0 Å². The number of hydrogen-bond donors (Lipinski definition) is 2. The summed E-state index contributed by atoms with van der Waals surface area (Å²) in [6.07, 6.45) is 0. The van der Waals surface area contributed by atoms with Gasteiger partial charge in [0.2, 0.25) is 0 Å². The zero-order chi connectivity index (χ0) is 14.1. The van der Waals surface area contributed by atoms with E-state index >= 15 is 0 Å². The Morgan fingerprint density at radius 1 is 1.22 bits per heavy atom. The summed E-state index contributed by atoms with van der Waals surface area (Å²) in [7, 11) is 0. The molecule has 0 aromatic heterocycles. The van der Waals surface area contributed by atoms with E-state index in [1.807, 2.05) is 19.9 Å². The summed E-state index contributed by atoms with van der Waals surface area (Å²) in [5.41, 5.74) is 0.930. The molecule has 1 aromatic rings. The number of carbonyl (C=O) groups is 2. The fourth-order valence-corrected chi connectivity index (χ4v) is 1.89. The molecule has 0 bridgehead atoms. The predicted octanol–water partition coefficient (Wildman–Crippen LogP) is 2.66. The Balaban J connectivity index is 3.06. The Morgan fingerprint density at radius 3 is 2.28 bits per heavy atom. The molecule has 0 radical (unpaired) electrons. The fourth-order valence-electron chi connectivity index (χ4n) is 1.43. The van der Waals surface area contributed by atoms with E-state index in [1.54, 1.807) is 6.07 Å². The van der Waals surface area contributed by atoms with Crippen LogP contribution in [0, 0.1) is 13.8 Å². The first-order valence-electron chi connectivity index (χ1n) is 5.48. The van der Waals surface area contributed by atoms with Crippen LogP contribution in [0.3, 0.4) is 0 Å². The molecule has 0 aliphatic rings. The molecule has 98 valence electrons. The lowest BCUT2D eigenvalue weighted by Gasteiger charge is -2.21. The van der Waals surface area contributed by atoms with Crippen molar-refractivity contribution in [1.82, 2.24) is 5.32 Å². The van der Waals surface area contributed by atoms with Crippen LogP contribution in [0.15, 0.2) is 16.6 Å². The van der Waals surface area contributed by atoms with Gasteiger partial charge in [-0.1, -0.05) is 15.9 Å². The molecule has 1 amide bonds. The van der Waals surface area contributed by atoms with Crippen molar-refractivity contribution in [3.05, 3.63) is 33.3 Å². The summed E-state index contributed by atoms with van der Waals surface area (Å²) in [5, 5.41) is 11.5.